The molecule has 24 heavy (non-hydrogen) atoms. The molecule has 0 saturated carbocycles. The van der Waals surface area contributed by atoms with E-state index in [0.717, 1.165) is 4.47 Å². The van der Waals surface area contributed by atoms with Gasteiger partial charge >= 0.3 is 0 Å². The van der Waals surface area contributed by atoms with Crippen molar-refractivity contribution in [1.29, 1.82) is 0 Å². The van der Waals surface area contributed by atoms with Crippen LogP contribution in [0.1, 0.15) is 12.5 Å². The molecule has 128 valence electrons. The summed E-state index contributed by atoms with van der Waals surface area (Å²) in [5, 5.41) is 6.12. The van der Waals surface area contributed by atoms with Crippen molar-refractivity contribution in [1.82, 2.24) is 10.3 Å². The van der Waals surface area contributed by atoms with Crippen molar-refractivity contribution in [3.05, 3.63) is 52.1 Å². The predicted octanol–water partition coefficient (Wildman–Crippen LogP) is 4.05. The van der Waals surface area contributed by atoms with E-state index in [1.807, 2.05) is 6.07 Å². The molecule has 0 aliphatic carbocycles. The zero-order valence-electron chi connectivity index (χ0n) is 12.9. The number of nitrogens with zero attached hydrogens (tertiary/aromatic N) is 1. The van der Waals surface area contributed by atoms with Gasteiger partial charge in [-0.3, -0.25) is 0 Å². The molecule has 4 nitrogen and oxygen atoms in total. The first-order chi connectivity index (χ1) is 11.5. The lowest BCUT2D eigenvalue weighted by atomic mass is 10.1. The molecule has 1 aromatic heterocycles. The number of ether oxygens (including phenoxy) is 1. The van der Waals surface area contributed by atoms with E-state index < -0.39 is 11.6 Å². The molecule has 8 heteroatoms. The lowest BCUT2D eigenvalue weighted by Gasteiger charge is -2.12. The summed E-state index contributed by atoms with van der Waals surface area (Å²) in [7, 11) is 0. The number of anilines is 1. The summed E-state index contributed by atoms with van der Waals surface area (Å²) in [5.41, 5.74) is -0.00669. The van der Waals surface area contributed by atoms with Crippen LogP contribution < -0.4 is 15.4 Å². The summed E-state index contributed by atoms with van der Waals surface area (Å²) >= 11 is 8.49. The Balaban J connectivity index is 1.90. The molecule has 0 spiro atoms. The quantitative estimate of drug-likeness (QED) is 0.696. The first kappa shape index (κ1) is 18.5. The minimum absolute atomic E-state index is 0.00669. The molecule has 0 aliphatic heterocycles. The van der Waals surface area contributed by atoms with Gasteiger partial charge in [-0.15, -0.1) is 0 Å². The van der Waals surface area contributed by atoms with E-state index in [4.69, 9.17) is 17.0 Å². The van der Waals surface area contributed by atoms with Gasteiger partial charge in [-0.25, -0.2) is 13.8 Å². The summed E-state index contributed by atoms with van der Waals surface area (Å²) in [6.45, 7) is 2.38. The second kappa shape index (κ2) is 8.89. The van der Waals surface area contributed by atoms with Crippen LogP contribution in [0.3, 0.4) is 0 Å². The summed E-state index contributed by atoms with van der Waals surface area (Å²) < 4.78 is 33.8. The minimum atomic E-state index is -0.633. The predicted molar refractivity (Wildman–Crippen MR) is 97.4 cm³/mol. The van der Waals surface area contributed by atoms with Gasteiger partial charge in [-0.1, -0.05) is 0 Å². The molecule has 1 aromatic carbocycles. The highest BCUT2D eigenvalue weighted by Gasteiger charge is 2.12. The third kappa shape index (κ3) is 5.10. The summed E-state index contributed by atoms with van der Waals surface area (Å²) in [6, 6.07) is 5.97. The summed E-state index contributed by atoms with van der Waals surface area (Å²) in [4.78, 5) is 4.12. The molecule has 2 N–H and O–H groups in total. The molecule has 0 radical (unpaired) electrons. The van der Waals surface area contributed by atoms with Crippen LogP contribution in [-0.2, 0) is 6.42 Å². The number of hydrogen-bond donors (Lipinski definition) is 2. The molecule has 0 atom stereocenters. The van der Waals surface area contributed by atoms with Gasteiger partial charge < -0.3 is 15.4 Å². The molecule has 0 unspecified atom stereocenters. The fourth-order valence-corrected chi connectivity index (χ4v) is 2.55. The topological polar surface area (TPSA) is 46.2 Å². The second-order valence-corrected chi connectivity index (χ2v) is 6.03. The number of aromatic nitrogens is 1. The zero-order chi connectivity index (χ0) is 17.5. The molecule has 0 amide bonds. The van der Waals surface area contributed by atoms with E-state index in [0.29, 0.717) is 17.5 Å². The highest BCUT2D eigenvalue weighted by Crippen LogP contribution is 2.21. The standard InChI is InChI=1S/C16H16BrF2N3OS/c1-2-23-10-8-13(18)11(14(19)9-10)5-7-21-16(24)22-15-12(17)4-3-6-20-15/h3-4,6,8-9H,2,5,7H2,1H3,(H2,20,21,22,24). The Bertz CT molecular complexity index is 707. The van der Waals surface area contributed by atoms with E-state index in [-0.39, 0.29) is 24.3 Å². The summed E-state index contributed by atoms with van der Waals surface area (Å²) in [5.74, 6) is -0.520. The van der Waals surface area contributed by atoms with E-state index in [2.05, 4.69) is 31.5 Å². The van der Waals surface area contributed by atoms with Gasteiger partial charge in [0.2, 0.25) is 0 Å². The van der Waals surface area contributed by atoms with Crippen LogP contribution in [0.4, 0.5) is 14.6 Å². The molecular formula is C16H16BrF2N3OS. The first-order valence-electron chi connectivity index (χ1n) is 7.27. The average Bonchev–Trinajstić information content (AvgIpc) is 2.52. The Hall–Kier alpha value is -1.80. The number of thiocarbonyl (C=S) groups is 1. The minimum Gasteiger partial charge on any atom is -0.494 e. The van der Waals surface area contributed by atoms with Crippen LogP contribution in [0.2, 0.25) is 0 Å². The fourth-order valence-electron chi connectivity index (χ4n) is 2.00. The van der Waals surface area contributed by atoms with Gasteiger partial charge in [0.25, 0.3) is 0 Å². The van der Waals surface area contributed by atoms with Gasteiger partial charge in [0.1, 0.15) is 23.2 Å². The molecule has 0 fully saturated rings. The van der Waals surface area contributed by atoms with Crippen molar-refractivity contribution in [3.63, 3.8) is 0 Å². The van der Waals surface area contributed by atoms with E-state index in [1.54, 1.807) is 19.2 Å². The van der Waals surface area contributed by atoms with Crippen molar-refractivity contribution in [2.75, 3.05) is 18.5 Å². The van der Waals surface area contributed by atoms with Crippen molar-refractivity contribution in [3.8, 4) is 5.75 Å². The van der Waals surface area contributed by atoms with Gasteiger partial charge in [-0.05, 0) is 53.6 Å². The molecule has 2 rings (SSSR count). The van der Waals surface area contributed by atoms with Gasteiger partial charge in [-0.2, -0.15) is 0 Å². The van der Waals surface area contributed by atoms with Crippen LogP contribution in [0.25, 0.3) is 0 Å². The third-order valence-electron chi connectivity index (χ3n) is 3.08. The maximum atomic E-state index is 13.9. The monoisotopic (exact) mass is 415 g/mol. The lowest BCUT2D eigenvalue weighted by Crippen LogP contribution is -2.31. The van der Waals surface area contributed by atoms with E-state index in [1.165, 1.54) is 12.1 Å². The SMILES string of the molecule is CCOc1cc(F)c(CCNC(=S)Nc2ncccc2Br)c(F)c1. The Labute approximate surface area is 152 Å². The van der Waals surface area contributed by atoms with Crippen molar-refractivity contribution in [2.24, 2.45) is 0 Å². The number of nitrogens with one attached hydrogen (secondary N) is 2. The van der Waals surface area contributed by atoms with Gasteiger partial charge in [0, 0.05) is 30.4 Å². The molecule has 0 aliphatic rings. The number of benzene rings is 1. The zero-order valence-corrected chi connectivity index (χ0v) is 15.3. The lowest BCUT2D eigenvalue weighted by molar-refractivity contribution is 0.335. The Kier molecular flexibility index (Phi) is 6.86. The Morgan fingerprint density at radius 2 is 2.04 bits per heavy atom. The van der Waals surface area contributed by atoms with Gasteiger partial charge in [0.15, 0.2) is 5.11 Å². The molecule has 2 aromatic rings. The van der Waals surface area contributed by atoms with Crippen LogP contribution in [-0.4, -0.2) is 23.2 Å². The van der Waals surface area contributed by atoms with Crippen LogP contribution >= 0.6 is 28.1 Å². The van der Waals surface area contributed by atoms with Crippen molar-refractivity contribution < 1.29 is 13.5 Å². The Morgan fingerprint density at radius 3 is 2.67 bits per heavy atom. The number of halogens is 3. The maximum Gasteiger partial charge on any atom is 0.171 e. The molecular weight excluding hydrogens is 400 g/mol. The first-order valence-corrected chi connectivity index (χ1v) is 8.47. The smallest absolute Gasteiger partial charge is 0.171 e. The van der Waals surface area contributed by atoms with E-state index in [9.17, 15) is 8.78 Å². The normalized spacial score (nSPS) is 10.3. The van der Waals surface area contributed by atoms with Crippen molar-refractivity contribution >= 4 is 39.1 Å². The second-order valence-electron chi connectivity index (χ2n) is 4.76. The highest BCUT2D eigenvalue weighted by molar-refractivity contribution is 9.10. The van der Waals surface area contributed by atoms with Crippen LogP contribution in [0.15, 0.2) is 34.9 Å². The average molecular weight is 416 g/mol. The maximum absolute atomic E-state index is 13.9. The number of hydrogen-bond acceptors (Lipinski definition) is 3. The summed E-state index contributed by atoms with van der Waals surface area (Å²) in [6.07, 6.45) is 1.77. The molecule has 0 bridgehead atoms. The Morgan fingerprint density at radius 1 is 1.33 bits per heavy atom. The number of rotatable bonds is 6. The highest BCUT2D eigenvalue weighted by atomic mass is 79.9. The molecule has 1 heterocycles. The third-order valence-corrected chi connectivity index (χ3v) is 3.96. The van der Waals surface area contributed by atoms with E-state index >= 15 is 0 Å². The molecule has 0 saturated heterocycles. The van der Waals surface area contributed by atoms with Crippen LogP contribution in [0, 0.1) is 11.6 Å². The van der Waals surface area contributed by atoms with Crippen LogP contribution in [0.5, 0.6) is 5.75 Å². The van der Waals surface area contributed by atoms with Gasteiger partial charge in [0.05, 0.1) is 11.1 Å². The number of pyridine rings is 1. The fraction of sp³-hybridized carbons (Fsp3) is 0.250. The van der Waals surface area contributed by atoms with Crippen molar-refractivity contribution in [2.45, 2.75) is 13.3 Å². The largest absolute Gasteiger partial charge is 0.494 e.